The number of rotatable bonds is 0. The van der Waals surface area contributed by atoms with Crippen molar-refractivity contribution in [2.75, 3.05) is 25.1 Å². The molecule has 1 aliphatic rings. The normalized spacial score (nSPS) is 15.3. The molecular formula is C9H11NOS. The second-order valence-corrected chi connectivity index (χ2v) is 3.44. The predicted octanol–water partition coefficient (Wildman–Crippen LogP) is 1.80. The van der Waals surface area contributed by atoms with Gasteiger partial charge in [0.25, 0.3) is 0 Å². The van der Waals surface area contributed by atoms with Crippen molar-refractivity contribution >= 4 is 18.3 Å². The van der Waals surface area contributed by atoms with Crippen molar-refractivity contribution in [1.82, 2.24) is 0 Å². The Labute approximate surface area is 77.5 Å². The van der Waals surface area contributed by atoms with Gasteiger partial charge < -0.3 is 9.64 Å². The lowest BCUT2D eigenvalue weighted by molar-refractivity contribution is 0.310. The summed E-state index contributed by atoms with van der Waals surface area (Å²) in [5.74, 6) is 0.941. The summed E-state index contributed by atoms with van der Waals surface area (Å²) in [5.41, 5.74) is 1.15. The third kappa shape index (κ3) is 1.25. The van der Waals surface area contributed by atoms with Crippen LogP contribution in [0.2, 0.25) is 0 Å². The van der Waals surface area contributed by atoms with Gasteiger partial charge in [-0.3, -0.25) is 0 Å². The topological polar surface area (TPSA) is 12.5 Å². The van der Waals surface area contributed by atoms with Gasteiger partial charge in [0.05, 0.1) is 12.2 Å². The monoisotopic (exact) mass is 181 g/mol. The van der Waals surface area contributed by atoms with Gasteiger partial charge in [0.2, 0.25) is 0 Å². The lowest BCUT2D eigenvalue weighted by atomic mass is 10.2. The molecule has 1 aromatic rings. The second kappa shape index (κ2) is 2.90. The number of hydrogen-bond acceptors (Lipinski definition) is 3. The molecule has 1 aliphatic heterocycles. The maximum atomic E-state index is 5.48. The molecule has 0 fully saturated rings. The summed E-state index contributed by atoms with van der Waals surface area (Å²) in [6.07, 6.45) is 0. The number of fused-ring (bicyclic) bond motifs is 1. The van der Waals surface area contributed by atoms with E-state index in [1.54, 1.807) is 0 Å². The van der Waals surface area contributed by atoms with Gasteiger partial charge in [0.1, 0.15) is 12.4 Å². The number of anilines is 1. The molecular weight excluding hydrogens is 170 g/mol. The Bertz CT molecular complexity index is 301. The molecule has 12 heavy (non-hydrogen) atoms. The smallest absolute Gasteiger partial charge is 0.143 e. The Morgan fingerprint density at radius 2 is 2.33 bits per heavy atom. The Morgan fingerprint density at radius 3 is 3.17 bits per heavy atom. The minimum Gasteiger partial charge on any atom is -0.490 e. The highest BCUT2D eigenvalue weighted by Crippen LogP contribution is 2.32. The Kier molecular flexibility index (Phi) is 1.89. The maximum Gasteiger partial charge on any atom is 0.143 e. The summed E-state index contributed by atoms with van der Waals surface area (Å²) < 4.78 is 5.48. The van der Waals surface area contributed by atoms with E-state index in [4.69, 9.17) is 4.74 Å². The standard InChI is InChI=1S/C9H11NOS/c1-10-4-5-11-9-6-7(12)2-3-8(9)10/h2-3,6,12H,4-5H2,1H3. The van der Waals surface area contributed by atoms with Crippen molar-refractivity contribution in [2.24, 2.45) is 0 Å². The zero-order chi connectivity index (χ0) is 8.55. The quantitative estimate of drug-likeness (QED) is 0.613. The molecule has 0 saturated heterocycles. The average Bonchev–Trinajstić information content (AvgIpc) is 2.04. The predicted molar refractivity (Wildman–Crippen MR) is 52.5 cm³/mol. The van der Waals surface area contributed by atoms with Crippen molar-refractivity contribution in [3.8, 4) is 5.75 Å². The van der Waals surface area contributed by atoms with Crippen LogP contribution in [0, 0.1) is 0 Å². The van der Waals surface area contributed by atoms with Crippen LogP contribution in [0.5, 0.6) is 5.75 Å². The summed E-state index contributed by atoms with van der Waals surface area (Å²) in [6, 6.07) is 5.97. The van der Waals surface area contributed by atoms with Crippen LogP contribution in [-0.2, 0) is 0 Å². The van der Waals surface area contributed by atoms with Crippen LogP contribution in [0.3, 0.4) is 0 Å². The highest BCUT2D eigenvalue weighted by atomic mass is 32.1. The first kappa shape index (κ1) is 7.80. The molecule has 1 aromatic carbocycles. The molecule has 2 rings (SSSR count). The number of nitrogens with zero attached hydrogens (tertiary/aromatic N) is 1. The number of ether oxygens (including phenoxy) is 1. The molecule has 0 N–H and O–H groups in total. The van der Waals surface area contributed by atoms with Crippen LogP contribution in [0.15, 0.2) is 23.1 Å². The van der Waals surface area contributed by atoms with E-state index < -0.39 is 0 Å². The highest BCUT2D eigenvalue weighted by Gasteiger charge is 2.13. The van der Waals surface area contributed by atoms with Gasteiger partial charge in [0.15, 0.2) is 0 Å². The maximum absolute atomic E-state index is 5.48. The van der Waals surface area contributed by atoms with Crippen molar-refractivity contribution in [1.29, 1.82) is 0 Å². The first-order valence-corrected chi connectivity index (χ1v) is 4.39. The molecule has 1 heterocycles. The van der Waals surface area contributed by atoms with Gasteiger partial charge in [-0.05, 0) is 18.2 Å². The molecule has 0 spiro atoms. The number of benzene rings is 1. The molecule has 0 unspecified atom stereocenters. The Balaban J connectivity index is 2.46. The fraction of sp³-hybridized carbons (Fsp3) is 0.333. The molecule has 0 atom stereocenters. The fourth-order valence-corrected chi connectivity index (χ4v) is 1.54. The van der Waals surface area contributed by atoms with Crippen LogP contribution in [-0.4, -0.2) is 20.2 Å². The SMILES string of the molecule is CN1CCOc2cc(S)ccc21. The van der Waals surface area contributed by atoms with E-state index in [1.165, 1.54) is 0 Å². The molecule has 64 valence electrons. The summed E-state index contributed by atoms with van der Waals surface area (Å²) in [6.45, 7) is 1.72. The summed E-state index contributed by atoms with van der Waals surface area (Å²) in [7, 11) is 2.07. The zero-order valence-corrected chi connectivity index (χ0v) is 7.84. The van der Waals surface area contributed by atoms with E-state index >= 15 is 0 Å². The van der Waals surface area contributed by atoms with Crippen molar-refractivity contribution in [2.45, 2.75) is 4.90 Å². The van der Waals surface area contributed by atoms with E-state index in [1.807, 2.05) is 18.2 Å². The van der Waals surface area contributed by atoms with Crippen LogP contribution in [0.4, 0.5) is 5.69 Å². The van der Waals surface area contributed by atoms with Gasteiger partial charge in [0, 0.05) is 11.9 Å². The number of likely N-dealkylation sites (N-methyl/N-ethyl adjacent to an activating group) is 1. The molecule has 0 aliphatic carbocycles. The molecule has 2 nitrogen and oxygen atoms in total. The van der Waals surface area contributed by atoms with Crippen LogP contribution in [0.1, 0.15) is 0 Å². The lowest BCUT2D eigenvalue weighted by Crippen LogP contribution is -2.28. The van der Waals surface area contributed by atoms with Crippen molar-refractivity contribution in [3.05, 3.63) is 18.2 Å². The molecule has 0 bridgehead atoms. The van der Waals surface area contributed by atoms with E-state index in [-0.39, 0.29) is 0 Å². The van der Waals surface area contributed by atoms with Crippen LogP contribution in [0.25, 0.3) is 0 Å². The van der Waals surface area contributed by atoms with E-state index in [0.717, 1.165) is 29.5 Å². The molecule has 0 aromatic heterocycles. The third-order valence-electron chi connectivity index (χ3n) is 2.04. The summed E-state index contributed by atoms with van der Waals surface area (Å²) in [5, 5.41) is 0. The zero-order valence-electron chi connectivity index (χ0n) is 6.95. The van der Waals surface area contributed by atoms with Crippen molar-refractivity contribution < 1.29 is 4.74 Å². The summed E-state index contributed by atoms with van der Waals surface area (Å²) >= 11 is 4.25. The first-order valence-electron chi connectivity index (χ1n) is 3.94. The molecule has 0 saturated carbocycles. The number of hydrogen-bond donors (Lipinski definition) is 1. The van der Waals surface area contributed by atoms with Gasteiger partial charge in [-0.2, -0.15) is 0 Å². The van der Waals surface area contributed by atoms with Gasteiger partial charge in [-0.1, -0.05) is 0 Å². The highest BCUT2D eigenvalue weighted by molar-refractivity contribution is 7.80. The lowest BCUT2D eigenvalue weighted by Gasteiger charge is -2.27. The summed E-state index contributed by atoms with van der Waals surface area (Å²) in [4.78, 5) is 3.13. The van der Waals surface area contributed by atoms with E-state index in [0.29, 0.717) is 0 Å². The van der Waals surface area contributed by atoms with Crippen molar-refractivity contribution in [3.63, 3.8) is 0 Å². The van der Waals surface area contributed by atoms with Crippen LogP contribution < -0.4 is 9.64 Å². The van der Waals surface area contributed by atoms with Gasteiger partial charge in [-0.15, -0.1) is 12.6 Å². The third-order valence-corrected chi connectivity index (χ3v) is 2.32. The largest absolute Gasteiger partial charge is 0.490 e. The fourth-order valence-electron chi connectivity index (χ4n) is 1.35. The van der Waals surface area contributed by atoms with Gasteiger partial charge in [-0.25, -0.2) is 0 Å². The minimum absolute atomic E-state index is 0.765. The van der Waals surface area contributed by atoms with Gasteiger partial charge >= 0.3 is 0 Å². The minimum atomic E-state index is 0.765. The van der Waals surface area contributed by atoms with E-state index in [9.17, 15) is 0 Å². The average molecular weight is 181 g/mol. The van der Waals surface area contributed by atoms with Crippen LogP contribution >= 0.6 is 12.6 Å². The Morgan fingerprint density at radius 1 is 1.50 bits per heavy atom. The Hall–Kier alpha value is -0.830. The molecule has 0 amide bonds. The molecule has 0 radical (unpaired) electrons. The van der Waals surface area contributed by atoms with E-state index in [2.05, 4.69) is 24.6 Å². The molecule has 3 heteroatoms. The number of thiol groups is 1. The first-order chi connectivity index (χ1) is 5.77. The second-order valence-electron chi connectivity index (χ2n) is 2.92.